The Bertz CT molecular complexity index is 898. The molecule has 2 aliphatic rings. The van der Waals surface area contributed by atoms with E-state index < -0.39 is 34.0 Å². The molecule has 4 rings (SSSR count). The van der Waals surface area contributed by atoms with Crippen LogP contribution in [0.5, 0.6) is 11.5 Å². The van der Waals surface area contributed by atoms with Crippen LogP contribution in [-0.2, 0) is 0 Å². The van der Waals surface area contributed by atoms with Gasteiger partial charge in [0.05, 0.1) is 5.56 Å². The van der Waals surface area contributed by atoms with Crippen molar-refractivity contribution in [1.29, 1.82) is 0 Å². The van der Waals surface area contributed by atoms with Gasteiger partial charge < -0.3 is 14.8 Å². The van der Waals surface area contributed by atoms with E-state index in [1.165, 1.54) is 18.3 Å². The summed E-state index contributed by atoms with van der Waals surface area (Å²) in [5.74, 6) is -0.181. The third kappa shape index (κ3) is 4.04. The predicted octanol–water partition coefficient (Wildman–Crippen LogP) is 5.38. The standard InChI is InChI=1S/C19H17F3N2O3S/c20-19(21,22)28-17-13(5-4-10-23-17)16(25)24-12-6-7-14-15(11-12)27-18(26-14)8-2-1-3-9-18/h4-7,10-11H,1-3,8-9H2,(H,24,25). The zero-order valence-corrected chi connectivity index (χ0v) is 15.5. The van der Waals surface area contributed by atoms with Crippen LogP contribution in [0, 0.1) is 0 Å². The van der Waals surface area contributed by atoms with E-state index in [9.17, 15) is 18.0 Å². The monoisotopic (exact) mass is 410 g/mol. The first-order chi connectivity index (χ1) is 13.3. The highest BCUT2D eigenvalue weighted by molar-refractivity contribution is 8.00. The molecule has 0 radical (unpaired) electrons. The molecule has 5 nitrogen and oxygen atoms in total. The van der Waals surface area contributed by atoms with E-state index in [0.717, 1.165) is 32.1 Å². The fourth-order valence-electron chi connectivity index (χ4n) is 3.42. The summed E-state index contributed by atoms with van der Waals surface area (Å²) in [5.41, 5.74) is -4.27. The second kappa shape index (κ2) is 7.20. The molecule has 0 unspecified atom stereocenters. The van der Waals surface area contributed by atoms with Crippen molar-refractivity contribution in [1.82, 2.24) is 4.98 Å². The second-order valence-electron chi connectivity index (χ2n) is 6.70. The molecular formula is C19H17F3N2O3S. The number of rotatable bonds is 3. The number of hydrogen-bond donors (Lipinski definition) is 1. The Morgan fingerprint density at radius 3 is 2.61 bits per heavy atom. The average Bonchev–Trinajstić information content (AvgIpc) is 2.98. The van der Waals surface area contributed by atoms with Crippen molar-refractivity contribution in [3.8, 4) is 11.5 Å². The number of aromatic nitrogens is 1. The van der Waals surface area contributed by atoms with Gasteiger partial charge in [0.25, 0.3) is 11.7 Å². The molecule has 1 fully saturated rings. The number of amides is 1. The maximum absolute atomic E-state index is 12.7. The number of ether oxygens (including phenoxy) is 2. The molecule has 0 bridgehead atoms. The van der Waals surface area contributed by atoms with Crippen LogP contribution in [0.25, 0.3) is 0 Å². The summed E-state index contributed by atoms with van der Waals surface area (Å²) in [4.78, 5) is 16.2. The minimum atomic E-state index is -4.53. The summed E-state index contributed by atoms with van der Waals surface area (Å²) >= 11 is -0.416. The Kier molecular flexibility index (Phi) is 4.86. The van der Waals surface area contributed by atoms with Crippen molar-refractivity contribution >= 4 is 23.4 Å². The lowest BCUT2D eigenvalue weighted by Gasteiger charge is -2.31. The first-order valence-corrected chi connectivity index (χ1v) is 9.69. The Hall–Kier alpha value is -2.42. The molecule has 1 aliphatic heterocycles. The van der Waals surface area contributed by atoms with Crippen molar-refractivity contribution in [3.63, 3.8) is 0 Å². The van der Waals surface area contributed by atoms with Crippen LogP contribution in [0.3, 0.4) is 0 Å². The van der Waals surface area contributed by atoms with Gasteiger partial charge in [0.2, 0.25) is 0 Å². The molecule has 2 heterocycles. The number of hydrogen-bond acceptors (Lipinski definition) is 5. The summed E-state index contributed by atoms with van der Waals surface area (Å²) in [6, 6.07) is 7.68. The predicted molar refractivity (Wildman–Crippen MR) is 97.6 cm³/mol. The summed E-state index contributed by atoms with van der Waals surface area (Å²) < 4.78 is 50.1. The largest absolute Gasteiger partial charge is 0.448 e. The fraction of sp³-hybridized carbons (Fsp3) is 0.368. The van der Waals surface area contributed by atoms with Crippen LogP contribution in [0.2, 0.25) is 0 Å². The van der Waals surface area contributed by atoms with Crippen LogP contribution in [0.4, 0.5) is 18.9 Å². The third-order valence-corrected chi connectivity index (χ3v) is 5.39. The fourth-order valence-corrected chi connectivity index (χ4v) is 4.02. The number of anilines is 1. The first kappa shape index (κ1) is 18.9. The molecule has 1 amide bonds. The van der Waals surface area contributed by atoms with E-state index in [0.29, 0.717) is 17.2 Å². The zero-order valence-electron chi connectivity index (χ0n) is 14.7. The summed E-state index contributed by atoms with van der Waals surface area (Å²) in [5, 5.41) is 2.22. The molecule has 148 valence electrons. The number of pyridine rings is 1. The third-order valence-electron chi connectivity index (χ3n) is 4.64. The normalized spacial score (nSPS) is 17.5. The molecule has 2 aromatic rings. The molecule has 1 aromatic heterocycles. The molecule has 0 atom stereocenters. The number of nitrogens with zero attached hydrogens (tertiary/aromatic N) is 1. The van der Waals surface area contributed by atoms with Gasteiger partial charge in [0.1, 0.15) is 5.03 Å². The van der Waals surface area contributed by atoms with E-state index in [1.807, 2.05) is 0 Å². The van der Waals surface area contributed by atoms with Gasteiger partial charge in [0, 0.05) is 42.6 Å². The van der Waals surface area contributed by atoms with Gasteiger partial charge in [-0.25, -0.2) is 4.98 Å². The lowest BCUT2D eigenvalue weighted by Crippen LogP contribution is -2.40. The van der Waals surface area contributed by atoms with Crippen LogP contribution < -0.4 is 14.8 Å². The van der Waals surface area contributed by atoms with Crippen molar-refractivity contribution in [2.45, 2.75) is 48.4 Å². The van der Waals surface area contributed by atoms with Crippen LogP contribution >= 0.6 is 11.8 Å². The van der Waals surface area contributed by atoms with Gasteiger partial charge in [0.15, 0.2) is 11.5 Å². The first-order valence-electron chi connectivity index (χ1n) is 8.88. The van der Waals surface area contributed by atoms with Gasteiger partial charge in [-0.15, -0.1) is 0 Å². The Morgan fingerprint density at radius 1 is 1.11 bits per heavy atom. The molecule has 1 spiro atoms. The highest BCUT2D eigenvalue weighted by atomic mass is 32.2. The number of nitrogens with one attached hydrogen (secondary N) is 1. The van der Waals surface area contributed by atoms with E-state index >= 15 is 0 Å². The highest BCUT2D eigenvalue weighted by Crippen LogP contribution is 2.46. The quantitative estimate of drug-likeness (QED) is 0.689. The summed E-state index contributed by atoms with van der Waals surface area (Å²) in [7, 11) is 0. The number of carbonyl (C=O) groups excluding carboxylic acids is 1. The van der Waals surface area contributed by atoms with Crippen LogP contribution in [0.1, 0.15) is 42.5 Å². The molecule has 1 N–H and O–H groups in total. The van der Waals surface area contributed by atoms with E-state index in [-0.39, 0.29) is 5.56 Å². The minimum Gasteiger partial charge on any atom is -0.448 e. The van der Waals surface area contributed by atoms with Crippen molar-refractivity contribution in [3.05, 3.63) is 42.1 Å². The minimum absolute atomic E-state index is 0.147. The molecular weight excluding hydrogens is 393 g/mol. The Balaban J connectivity index is 1.51. The topological polar surface area (TPSA) is 60.5 Å². The molecule has 9 heteroatoms. The number of benzene rings is 1. The average molecular weight is 410 g/mol. The molecule has 1 aliphatic carbocycles. The van der Waals surface area contributed by atoms with E-state index in [1.54, 1.807) is 18.2 Å². The number of alkyl halides is 3. The summed E-state index contributed by atoms with van der Waals surface area (Å²) in [6.45, 7) is 0. The Labute approximate surface area is 163 Å². The highest BCUT2D eigenvalue weighted by Gasteiger charge is 2.42. The molecule has 28 heavy (non-hydrogen) atoms. The van der Waals surface area contributed by atoms with Crippen molar-refractivity contribution in [2.75, 3.05) is 5.32 Å². The van der Waals surface area contributed by atoms with Gasteiger partial charge >= 0.3 is 5.51 Å². The second-order valence-corrected chi connectivity index (χ2v) is 7.75. The molecule has 1 aromatic carbocycles. The smallest absolute Gasteiger partial charge is 0.447 e. The van der Waals surface area contributed by atoms with Crippen LogP contribution in [-0.4, -0.2) is 22.2 Å². The SMILES string of the molecule is O=C(Nc1ccc2c(c1)OC1(CCCCC1)O2)c1cccnc1SC(F)(F)F. The Morgan fingerprint density at radius 2 is 1.86 bits per heavy atom. The number of carbonyl (C=O) groups is 1. The number of halogens is 3. The van der Waals surface area contributed by atoms with Crippen molar-refractivity contribution in [2.24, 2.45) is 0 Å². The lowest BCUT2D eigenvalue weighted by molar-refractivity contribution is -0.105. The van der Waals surface area contributed by atoms with Gasteiger partial charge in [-0.3, -0.25) is 4.79 Å². The van der Waals surface area contributed by atoms with Crippen molar-refractivity contribution < 1.29 is 27.4 Å². The summed E-state index contributed by atoms with van der Waals surface area (Å²) in [6.07, 6.45) is 6.02. The van der Waals surface area contributed by atoms with E-state index in [2.05, 4.69) is 10.3 Å². The van der Waals surface area contributed by atoms with Gasteiger partial charge in [-0.05, 0) is 37.1 Å². The zero-order chi connectivity index (χ0) is 19.8. The molecule has 0 saturated heterocycles. The van der Waals surface area contributed by atoms with Gasteiger partial charge in [-0.1, -0.05) is 6.42 Å². The maximum atomic E-state index is 12.7. The molecule has 1 saturated carbocycles. The maximum Gasteiger partial charge on any atom is 0.447 e. The number of fused-ring (bicyclic) bond motifs is 1. The number of thioether (sulfide) groups is 1. The lowest BCUT2D eigenvalue weighted by atomic mass is 9.94. The van der Waals surface area contributed by atoms with Crippen LogP contribution in [0.15, 0.2) is 41.6 Å². The van der Waals surface area contributed by atoms with E-state index in [4.69, 9.17) is 9.47 Å². The van der Waals surface area contributed by atoms with Gasteiger partial charge in [-0.2, -0.15) is 13.2 Å².